The molecule has 0 fully saturated rings. The lowest BCUT2D eigenvalue weighted by atomic mass is 10.1. The molecule has 2 N–H and O–H groups in total. The molecule has 3 aromatic rings. The molecule has 0 radical (unpaired) electrons. The molecule has 0 bridgehead atoms. The fourth-order valence-corrected chi connectivity index (χ4v) is 3.39. The number of hydrogen-bond donors (Lipinski definition) is 2. The Hall–Kier alpha value is -3.34. The highest BCUT2D eigenvalue weighted by Gasteiger charge is 2.14. The number of unbranched alkanes of at least 4 members (excludes halogenated alkanes) is 4. The highest BCUT2D eigenvalue weighted by molar-refractivity contribution is 6.02. The molecule has 2 aromatic carbocycles. The minimum atomic E-state index is -0.268. The summed E-state index contributed by atoms with van der Waals surface area (Å²) in [6.07, 6.45) is 9.47. The van der Waals surface area contributed by atoms with Crippen molar-refractivity contribution in [2.24, 2.45) is 0 Å². The molecule has 0 atom stereocenters. The molecule has 0 saturated heterocycles. The standard InChI is InChI=1S/C26H30N2O3/c1-3-4-5-6-7-18-27-26(30)23-17-12-20-11-14-21(28-24(20)25(23)29)13-8-19-9-15-22(31-2)16-10-19/h8-17,29H,3-7,18H2,1-2H3,(H,27,30)/b13-8+. The third-order valence-electron chi connectivity index (χ3n) is 5.23. The number of nitrogens with zero attached hydrogens (tertiary/aromatic N) is 1. The number of aromatic hydroxyl groups is 1. The first-order chi connectivity index (χ1) is 15.1. The average molecular weight is 419 g/mol. The first-order valence-electron chi connectivity index (χ1n) is 10.9. The monoisotopic (exact) mass is 418 g/mol. The number of phenolic OH excluding ortho intramolecular Hbond substituents is 1. The maximum atomic E-state index is 12.5. The Morgan fingerprint density at radius 2 is 1.74 bits per heavy atom. The van der Waals surface area contributed by atoms with E-state index >= 15 is 0 Å². The van der Waals surface area contributed by atoms with Crippen molar-refractivity contribution >= 4 is 29.0 Å². The van der Waals surface area contributed by atoms with E-state index in [0.717, 1.165) is 29.5 Å². The first-order valence-corrected chi connectivity index (χ1v) is 10.9. The second kappa shape index (κ2) is 11.2. The van der Waals surface area contributed by atoms with Gasteiger partial charge in [0.2, 0.25) is 0 Å². The molecule has 0 unspecified atom stereocenters. The molecular formula is C26H30N2O3. The third kappa shape index (κ3) is 6.07. The lowest BCUT2D eigenvalue weighted by Gasteiger charge is -2.09. The number of phenols is 1. The van der Waals surface area contributed by atoms with Crippen molar-refractivity contribution in [1.82, 2.24) is 10.3 Å². The van der Waals surface area contributed by atoms with Gasteiger partial charge >= 0.3 is 0 Å². The molecule has 5 heteroatoms. The van der Waals surface area contributed by atoms with Gasteiger partial charge in [-0.25, -0.2) is 4.98 Å². The fourth-order valence-electron chi connectivity index (χ4n) is 3.39. The van der Waals surface area contributed by atoms with E-state index in [1.165, 1.54) is 19.3 Å². The number of rotatable bonds is 10. The normalized spacial score (nSPS) is 11.2. The van der Waals surface area contributed by atoms with Crippen LogP contribution in [0.4, 0.5) is 0 Å². The molecule has 0 aliphatic carbocycles. The van der Waals surface area contributed by atoms with Crippen molar-refractivity contribution < 1.29 is 14.6 Å². The number of aromatic nitrogens is 1. The van der Waals surface area contributed by atoms with Gasteiger partial charge in [-0.3, -0.25) is 4.79 Å². The summed E-state index contributed by atoms with van der Waals surface area (Å²) in [7, 11) is 1.64. The minimum Gasteiger partial charge on any atom is -0.505 e. The molecule has 3 rings (SSSR count). The van der Waals surface area contributed by atoms with Gasteiger partial charge in [0, 0.05) is 11.9 Å². The zero-order valence-corrected chi connectivity index (χ0v) is 18.2. The number of methoxy groups -OCH3 is 1. The number of ether oxygens (including phenoxy) is 1. The van der Waals surface area contributed by atoms with Gasteiger partial charge in [-0.2, -0.15) is 0 Å². The summed E-state index contributed by atoms with van der Waals surface area (Å²) in [4.78, 5) is 17.1. The van der Waals surface area contributed by atoms with Crippen molar-refractivity contribution in [1.29, 1.82) is 0 Å². The average Bonchev–Trinajstić information content (AvgIpc) is 2.80. The van der Waals surface area contributed by atoms with Gasteiger partial charge in [-0.05, 0) is 42.3 Å². The summed E-state index contributed by atoms with van der Waals surface area (Å²) in [6, 6.07) is 15.0. The number of hydrogen-bond acceptors (Lipinski definition) is 4. The lowest BCUT2D eigenvalue weighted by molar-refractivity contribution is 0.0950. The maximum absolute atomic E-state index is 12.5. The van der Waals surface area contributed by atoms with Crippen molar-refractivity contribution in [3.05, 3.63) is 65.4 Å². The predicted molar refractivity (Wildman–Crippen MR) is 126 cm³/mol. The molecule has 1 amide bonds. The van der Waals surface area contributed by atoms with Gasteiger partial charge in [-0.1, -0.05) is 62.9 Å². The van der Waals surface area contributed by atoms with Crippen LogP contribution in [0.2, 0.25) is 0 Å². The Bertz CT molecular complexity index is 1040. The SMILES string of the molecule is CCCCCCCNC(=O)c1ccc2ccc(/C=C/c3ccc(OC)cc3)nc2c1O. The van der Waals surface area contributed by atoms with Crippen LogP contribution in [-0.2, 0) is 0 Å². The minimum absolute atomic E-state index is 0.0827. The van der Waals surface area contributed by atoms with E-state index in [2.05, 4.69) is 17.2 Å². The Kier molecular flexibility index (Phi) is 8.05. The van der Waals surface area contributed by atoms with Gasteiger partial charge in [0.05, 0.1) is 18.4 Å². The van der Waals surface area contributed by atoms with E-state index in [4.69, 9.17) is 4.74 Å². The summed E-state index contributed by atoms with van der Waals surface area (Å²) >= 11 is 0. The smallest absolute Gasteiger partial charge is 0.255 e. The molecule has 0 aliphatic heterocycles. The zero-order valence-electron chi connectivity index (χ0n) is 18.2. The van der Waals surface area contributed by atoms with E-state index in [0.29, 0.717) is 17.8 Å². The van der Waals surface area contributed by atoms with Crippen LogP contribution in [0.1, 0.15) is 60.6 Å². The first kappa shape index (κ1) is 22.3. The van der Waals surface area contributed by atoms with Crippen molar-refractivity contribution in [3.63, 3.8) is 0 Å². The van der Waals surface area contributed by atoms with Crippen LogP contribution in [0.5, 0.6) is 11.5 Å². The van der Waals surface area contributed by atoms with Gasteiger partial charge in [-0.15, -0.1) is 0 Å². The molecule has 0 spiro atoms. The number of nitrogens with one attached hydrogen (secondary N) is 1. The highest BCUT2D eigenvalue weighted by Crippen LogP contribution is 2.28. The Morgan fingerprint density at radius 3 is 2.48 bits per heavy atom. The zero-order chi connectivity index (χ0) is 22.1. The molecule has 0 aliphatic rings. The number of amides is 1. The van der Waals surface area contributed by atoms with Crippen molar-refractivity contribution in [3.8, 4) is 11.5 Å². The van der Waals surface area contributed by atoms with E-state index in [1.54, 1.807) is 13.2 Å². The van der Waals surface area contributed by atoms with Gasteiger partial charge in [0.1, 0.15) is 11.3 Å². The number of pyridine rings is 1. The Morgan fingerprint density at radius 1 is 1.00 bits per heavy atom. The largest absolute Gasteiger partial charge is 0.505 e. The molecule has 0 saturated carbocycles. The maximum Gasteiger partial charge on any atom is 0.255 e. The Balaban J connectivity index is 1.71. The molecule has 1 aromatic heterocycles. The van der Waals surface area contributed by atoms with Crippen LogP contribution in [0.25, 0.3) is 23.1 Å². The van der Waals surface area contributed by atoms with Crippen LogP contribution >= 0.6 is 0 Å². The number of carbonyl (C=O) groups excluding carboxylic acids is 1. The van der Waals surface area contributed by atoms with Crippen molar-refractivity contribution in [2.75, 3.05) is 13.7 Å². The Labute approximate surface area is 183 Å². The highest BCUT2D eigenvalue weighted by atomic mass is 16.5. The van der Waals surface area contributed by atoms with E-state index < -0.39 is 0 Å². The fraction of sp³-hybridized carbons (Fsp3) is 0.308. The molecule has 1 heterocycles. The predicted octanol–water partition coefficient (Wildman–Crippen LogP) is 5.82. The van der Waals surface area contributed by atoms with Crippen LogP contribution in [0.15, 0.2) is 48.5 Å². The summed E-state index contributed by atoms with van der Waals surface area (Å²) in [5.41, 5.74) is 2.39. The number of benzene rings is 2. The third-order valence-corrected chi connectivity index (χ3v) is 5.23. The van der Waals surface area contributed by atoms with E-state index in [-0.39, 0.29) is 17.2 Å². The molecule has 162 valence electrons. The quantitative estimate of drug-likeness (QED) is 0.407. The lowest BCUT2D eigenvalue weighted by Crippen LogP contribution is -2.24. The van der Waals surface area contributed by atoms with Crippen LogP contribution in [-0.4, -0.2) is 29.7 Å². The molecular weight excluding hydrogens is 388 g/mol. The van der Waals surface area contributed by atoms with Crippen LogP contribution in [0.3, 0.4) is 0 Å². The summed E-state index contributed by atoms with van der Waals surface area (Å²) in [5.74, 6) is 0.453. The summed E-state index contributed by atoms with van der Waals surface area (Å²) < 4.78 is 5.17. The van der Waals surface area contributed by atoms with Crippen LogP contribution in [0, 0.1) is 0 Å². The topological polar surface area (TPSA) is 71.5 Å². The summed E-state index contributed by atoms with van der Waals surface area (Å²) in [5, 5.41) is 14.4. The molecule has 5 nitrogen and oxygen atoms in total. The number of carbonyl (C=O) groups is 1. The van der Waals surface area contributed by atoms with Gasteiger partial charge in [0.15, 0.2) is 5.75 Å². The second-order valence-corrected chi connectivity index (χ2v) is 7.55. The second-order valence-electron chi connectivity index (χ2n) is 7.55. The van der Waals surface area contributed by atoms with Gasteiger partial charge < -0.3 is 15.2 Å². The van der Waals surface area contributed by atoms with E-state index in [1.807, 2.05) is 54.6 Å². The van der Waals surface area contributed by atoms with Gasteiger partial charge in [0.25, 0.3) is 5.91 Å². The van der Waals surface area contributed by atoms with E-state index in [9.17, 15) is 9.90 Å². The molecule has 31 heavy (non-hydrogen) atoms. The van der Waals surface area contributed by atoms with Crippen LogP contribution < -0.4 is 10.1 Å². The summed E-state index contributed by atoms with van der Waals surface area (Å²) in [6.45, 7) is 2.79. The number of fused-ring (bicyclic) bond motifs is 1. The van der Waals surface area contributed by atoms with Crippen molar-refractivity contribution in [2.45, 2.75) is 39.0 Å².